The molecular weight excluding hydrogens is 412 g/mol. The zero-order valence-electron chi connectivity index (χ0n) is 18.7. The molecule has 1 aliphatic heterocycles. The molecule has 2 aromatic carbocycles. The third-order valence-electron chi connectivity index (χ3n) is 4.99. The highest BCUT2D eigenvalue weighted by Crippen LogP contribution is 2.32. The molecule has 1 atom stereocenters. The van der Waals surface area contributed by atoms with E-state index in [0.717, 1.165) is 11.1 Å². The van der Waals surface area contributed by atoms with Gasteiger partial charge in [-0.15, -0.1) is 0 Å². The minimum absolute atomic E-state index is 0.0156. The van der Waals surface area contributed by atoms with Gasteiger partial charge in [-0.1, -0.05) is 39.0 Å². The molecule has 8 heteroatoms. The molecule has 2 aromatic rings. The number of ether oxygens (including phenoxy) is 3. The SMILES string of the molecule is CC(OC(=O)CNC(=O)c1ccc(C(C)(C)C)cc1)C(=O)NCc1ccc2c(c1)OCO2. The average Bonchev–Trinajstić information content (AvgIpc) is 3.23. The van der Waals surface area contributed by atoms with Crippen LogP contribution in [0.25, 0.3) is 0 Å². The Labute approximate surface area is 187 Å². The smallest absolute Gasteiger partial charge is 0.326 e. The van der Waals surface area contributed by atoms with Crippen molar-refractivity contribution in [3.8, 4) is 11.5 Å². The lowest BCUT2D eigenvalue weighted by molar-refractivity contribution is -0.153. The number of amides is 2. The summed E-state index contributed by atoms with van der Waals surface area (Å²) in [6.07, 6.45) is -1.00. The number of carbonyl (C=O) groups excluding carboxylic acids is 3. The Bertz CT molecular complexity index is 995. The van der Waals surface area contributed by atoms with E-state index < -0.39 is 18.0 Å². The van der Waals surface area contributed by atoms with Gasteiger partial charge in [-0.3, -0.25) is 14.4 Å². The molecule has 1 aliphatic rings. The normalized spacial score (nSPS) is 13.2. The Morgan fingerprint density at radius 2 is 1.69 bits per heavy atom. The minimum Gasteiger partial charge on any atom is -0.454 e. The molecule has 2 N–H and O–H groups in total. The molecule has 3 rings (SSSR count). The summed E-state index contributed by atoms with van der Waals surface area (Å²) in [5.74, 6) is -0.243. The van der Waals surface area contributed by atoms with E-state index >= 15 is 0 Å². The van der Waals surface area contributed by atoms with Gasteiger partial charge in [0.1, 0.15) is 6.54 Å². The van der Waals surface area contributed by atoms with Crippen molar-refractivity contribution in [2.75, 3.05) is 13.3 Å². The molecule has 1 unspecified atom stereocenters. The number of hydrogen-bond acceptors (Lipinski definition) is 6. The number of nitrogens with one attached hydrogen (secondary N) is 2. The quantitative estimate of drug-likeness (QED) is 0.642. The molecule has 0 fully saturated rings. The van der Waals surface area contributed by atoms with Crippen LogP contribution in [0.1, 0.15) is 49.2 Å². The highest BCUT2D eigenvalue weighted by atomic mass is 16.7. The topological polar surface area (TPSA) is 103 Å². The van der Waals surface area contributed by atoms with Crippen LogP contribution in [0.15, 0.2) is 42.5 Å². The lowest BCUT2D eigenvalue weighted by Gasteiger charge is -2.19. The summed E-state index contributed by atoms with van der Waals surface area (Å²) in [6, 6.07) is 12.6. The van der Waals surface area contributed by atoms with Crippen LogP contribution in [0.2, 0.25) is 0 Å². The van der Waals surface area contributed by atoms with E-state index in [0.29, 0.717) is 17.1 Å². The third-order valence-corrected chi connectivity index (χ3v) is 4.99. The summed E-state index contributed by atoms with van der Waals surface area (Å²) in [6.45, 7) is 7.83. The van der Waals surface area contributed by atoms with E-state index in [1.807, 2.05) is 18.2 Å². The highest BCUT2D eigenvalue weighted by molar-refractivity contribution is 5.96. The second-order valence-corrected chi connectivity index (χ2v) is 8.55. The van der Waals surface area contributed by atoms with Crippen LogP contribution in [0, 0.1) is 0 Å². The fourth-order valence-electron chi connectivity index (χ4n) is 3.05. The van der Waals surface area contributed by atoms with Gasteiger partial charge in [0.2, 0.25) is 6.79 Å². The van der Waals surface area contributed by atoms with E-state index in [1.54, 1.807) is 24.3 Å². The summed E-state index contributed by atoms with van der Waals surface area (Å²) in [5, 5.41) is 5.22. The van der Waals surface area contributed by atoms with Crippen molar-refractivity contribution >= 4 is 17.8 Å². The predicted molar refractivity (Wildman–Crippen MR) is 117 cm³/mol. The van der Waals surface area contributed by atoms with Gasteiger partial charge in [-0.05, 0) is 47.7 Å². The zero-order valence-corrected chi connectivity index (χ0v) is 18.7. The van der Waals surface area contributed by atoms with Crippen molar-refractivity contribution in [2.24, 2.45) is 0 Å². The van der Waals surface area contributed by atoms with Gasteiger partial charge in [0, 0.05) is 12.1 Å². The van der Waals surface area contributed by atoms with Crippen molar-refractivity contribution in [1.29, 1.82) is 0 Å². The fourth-order valence-corrected chi connectivity index (χ4v) is 3.05. The number of benzene rings is 2. The Morgan fingerprint density at radius 3 is 2.38 bits per heavy atom. The first-order valence-corrected chi connectivity index (χ1v) is 10.4. The largest absolute Gasteiger partial charge is 0.454 e. The molecule has 0 aromatic heterocycles. The van der Waals surface area contributed by atoms with Crippen LogP contribution in [0.5, 0.6) is 11.5 Å². The summed E-state index contributed by atoms with van der Waals surface area (Å²) in [7, 11) is 0. The number of fused-ring (bicyclic) bond motifs is 1. The van der Waals surface area contributed by atoms with Gasteiger partial charge in [-0.2, -0.15) is 0 Å². The molecule has 8 nitrogen and oxygen atoms in total. The van der Waals surface area contributed by atoms with E-state index in [-0.39, 0.29) is 31.2 Å². The first-order chi connectivity index (χ1) is 15.1. The van der Waals surface area contributed by atoms with Crippen molar-refractivity contribution in [3.63, 3.8) is 0 Å². The molecule has 0 saturated heterocycles. The third kappa shape index (κ3) is 6.00. The summed E-state index contributed by atoms with van der Waals surface area (Å²) in [4.78, 5) is 36.5. The lowest BCUT2D eigenvalue weighted by atomic mass is 9.87. The summed E-state index contributed by atoms with van der Waals surface area (Å²) in [5.41, 5.74) is 2.36. The van der Waals surface area contributed by atoms with E-state index in [9.17, 15) is 14.4 Å². The molecule has 2 amide bonds. The molecule has 0 saturated carbocycles. The van der Waals surface area contributed by atoms with E-state index in [2.05, 4.69) is 31.4 Å². The molecule has 0 radical (unpaired) electrons. The van der Waals surface area contributed by atoms with Gasteiger partial charge in [-0.25, -0.2) is 0 Å². The van der Waals surface area contributed by atoms with E-state index in [1.165, 1.54) is 6.92 Å². The van der Waals surface area contributed by atoms with Crippen LogP contribution in [-0.4, -0.2) is 37.2 Å². The second-order valence-electron chi connectivity index (χ2n) is 8.55. The second kappa shape index (κ2) is 9.72. The van der Waals surface area contributed by atoms with E-state index in [4.69, 9.17) is 14.2 Å². The van der Waals surface area contributed by atoms with Gasteiger partial charge < -0.3 is 24.8 Å². The first kappa shape index (κ1) is 23.1. The van der Waals surface area contributed by atoms with Crippen LogP contribution in [0.4, 0.5) is 0 Å². The number of rotatable bonds is 7. The maximum atomic E-state index is 12.3. The maximum absolute atomic E-state index is 12.3. The molecule has 170 valence electrons. The monoisotopic (exact) mass is 440 g/mol. The Hall–Kier alpha value is -3.55. The van der Waals surface area contributed by atoms with Gasteiger partial charge in [0.15, 0.2) is 17.6 Å². The molecule has 32 heavy (non-hydrogen) atoms. The minimum atomic E-state index is -1.00. The Morgan fingerprint density at radius 1 is 1.00 bits per heavy atom. The summed E-state index contributed by atoms with van der Waals surface area (Å²) < 4.78 is 15.7. The average molecular weight is 440 g/mol. The number of hydrogen-bond donors (Lipinski definition) is 2. The van der Waals surface area contributed by atoms with Crippen molar-refractivity contribution < 1.29 is 28.6 Å². The standard InChI is InChI=1S/C24H28N2O6/c1-15(22(28)25-12-16-5-10-19-20(11-16)31-14-30-19)32-21(27)13-26-23(29)17-6-8-18(9-7-17)24(2,3)4/h5-11,15H,12-14H2,1-4H3,(H,25,28)(H,26,29). The van der Waals surface area contributed by atoms with Crippen LogP contribution >= 0.6 is 0 Å². The van der Waals surface area contributed by atoms with Gasteiger partial charge in [0.05, 0.1) is 0 Å². The molecule has 0 aliphatic carbocycles. The molecule has 0 spiro atoms. The summed E-state index contributed by atoms with van der Waals surface area (Å²) >= 11 is 0. The van der Waals surface area contributed by atoms with Crippen LogP contribution in [-0.2, 0) is 26.3 Å². The molecule has 1 heterocycles. The van der Waals surface area contributed by atoms with Crippen molar-refractivity contribution in [1.82, 2.24) is 10.6 Å². The van der Waals surface area contributed by atoms with Gasteiger partial charge in [0.25, 0.3) is 11.8 Å². The predicted octanol–water partition coefficient (Wildman–Crippen LogP) is 2.69. The Balaban J connectivity index is 1.41. The van der Waals surface area contributed by atoms with Crippen LogP contribution < -0.4 is 20.1 Å². The van der Waals surface area contributed by atoms with Gasteiger partial charge >= 0.3 is 5.97 Å². The zero-order chi connectivity index (χ0) is 23.3. The van der Waals surface area contributed by atoms with Crippen molar-refractivity contribution in [3.05, 3.63) is 59.2 Å². The lowest BCUT2D eigenvalue weighted by Crippen LogP contribution is -2.38. The highest BCUT2D eigenvalue weighted by Gasteiger charge is 2.20. The number of esters is 1. The number of carbonyl (C=O) groups is 3. The first-order valence-electron chi connectivity index (χ1n) is 10.4. The maximum Gasteiger partial charge on any atom is 0.326 e. The van der Waals surface area contributed by atoms with Crippen LogP contribution in [0.3, 0.4) is 0 Å². The fraction of sp³-hybridized carbons (Fsp3) is 0.375. The Kier molecular flexibility index (Phi) is 7.02. The molecular formula is C24H28N2O6. The van der Waals surface area contributed by atoms with Crippen molar-refractivity contribution in [2.45, 2.75) is 45.8 Å². The molecule has 0 bridgehead atoms.